The van der Waals surface area contributed by atoms with Gasteiger partial charge in [0.2, 0.25) is 5.78 Å². The average Bonchev–Trinajstić information content (AvgIpc) is 2.68. The van der Waals surface area contributed by atoms with Crippen molar-refractivity contribution in [2.45, 2.75) is 26.9 Å². The third-order valence-corrected chi connectivity index (χ3v) is 4.10. The topological polar surface area (TPSA) is 26.3 Å². The molecule has 0 aliphatic carbocycles. The van der Waals surface area contributed by atoms with Gasteiger partial charge in [0.1, 0.15) is 5.75 Å². The lowest BCUT2D eigenvalue weighted by molar-refractivity contribution is 0.104. The molecule has 0 saturated heterocycles. The molecule has 0 amide bonds. The van der Waals surface area contributed by atoms with Crippen LogP contribution in [0.15, 0.2) is 30.3 Å². The molecule has 0 aliphatic rings. The number of ether oxygens (including phenoxy) is 1. The maximum Gasteiger partial charge on any atom is 0.203 e. The second-order valence-electron chi connectivity index (χ2n) is 4.59. The Morgan fingerprint density at radius 2 is 2.05 bits per heavy atom. The van der Waals surface area contributed by atoms with Crippen LogP contribution in [-0.4, -0.2) is 11.9 Å². The van der Waals surface area contributed by atoms with Gasteiger partial charge in [-0.3, -0.25) is 4.79 Å². The van der Waals surface area contributed by atoms with Crippen molar-refractivity contribution < 1.29 is 9.53 Å². The first-order valence-electron chi connectivity index (χ1n) is 6.04. The minimum absolute atomic E-state index is 0.0193. The van der Waals surface area contributed by atoms with Gasteiger partial charge < -0.3 is 4.74 Å². The molecule has 2 nitrogen and oxygen atoms in total. The molecule has 1 aromatic carbocycles. The second-order valence-corrected chi connectivity index (χ2v) is 6.25. The first-order chi connectivity index (χ1) is 8.97. The largest absolute Gasteiger partial charge is 0.491 e. The first kappa shape index (κ1) is 14.1. The number of aryl methyl sites for hydroxylation is 1. The summed E-state index contributed by atoms with van der Waals surface area (Å²) in [5.41, 5.74) is 1.56. The predicted molar refractivity (Wildman–Crippen MR) is 79.7 cm³/mol. The number of carbonyl (C=O) groups is 1. The Morgan fingerprint density at radius 1 is 1.32 bits per heavy atom. The minimum atomic E-state index is -0.0193. The number of carbonyl (C=O) groups excluding carboxylic acids is 1. The molecule has 100 valence electrons. The van der Waals surface area contributed by atoms with Crippen LogP contribution in [0.5, 0.6) is 5.75 Å². The van der Waals surface area contributed by atoms with Crippen LogP contribution in [0.3, 0.4) is 0 Å². The van der Waals surface area contributed by atoms with Gasteiger partial charge in [-0.15, -0.1) is 11.3 Å². The molecule has 0 N–H and O–H groups in total. The second kappa shape index (κ2) is 5.76. The summed E-state index contributed by atoms with van der Waals surface area (Å²) in [6, 6.07) is 9.06. The predicted octanol–water partition coefficient (Wildman–Crippen LogP) is 4.73. The van der Waals surface area contributed by atoms with E-state index in [9.17, 15) is 4.79 Å². The first-order valence-corrected chi connectivity index (χ1v) is 7.24. The summed E-state index contributed by atoms with van der Waals surface area (Å²) in [7, 11) is 0. The van der Waals surface area contributed by atoms with Gasteiger partial charge in [-0.25, -0.2) is 0 Å². The lowest BCUT2D eigenvalue weighted by Gasteiger charge is -2.10. The number of benzene rings is 1. The van der Waals surface area contributed by atoms with Crippen LogP contribution in [0.4, 0.5) is 0 Å². The highest BCUT2D eigenvalue weighted by Crippen LogP contribution is 2.29. The fraction of sp³-hybridized carbons (Fsp3) is 0.267. The van der Waals surface area contributed by atoms with Gasteiger partial charge in [0.05, 0.1) is 15.3 Å². The monoisotopic (exact) mass is 294 g/mol. The van der Waals surface area contributed by atoms with E-state index in [4.69, 9.17) is 16.3 Å². The molecule has 2 aromatic rings. The highest BCUT2D eigenvalue weighted by Gasteiger charge is 2.14. The fourth-order valence-corrected chi connectivity index (χ4v) is 2.86. The Morgan fingerprint density at radius 3 is 2.63 bits per heavy atom. The number of ketones is 1. The summed E-state index contributed by atoms with van der Waals surface area (Å²) in [5.74, 6) is 0.689. The van der Waals surface area contributed by atoms with Crippen molar-refractivity contribution in [3.8, 4) is 5.75 Å². The number of hydrogen-bond donors (Lipinski definition) is 0. The SMILES string of the molecule is Cc1cc(C(=O)c2cccc(OC(C)C)c2)sc1Cl. The van der Waals surface area contributed by atoms with Gasteiger partial charge in [0, 0.05) is 5.56 Å². The zero-order chi connectivity index (χ0) is 14.0. The highest BCUT2D eigenvalue weighted by atomic mass is 35.5. The van der Waals surface area contributed by atoms with E-state index < -0.39 is 0 Å². The van der Waals surface area contributed by atoms with Crippen LogP contribution < -0.4 is 4.74 Å². The number of rotatable bonds is 4. The lowest BCUT2D eigenvalue weighted by atomic mass is 10.1. The van der Waals surface area contributed by atoms with Gasteiger partial charge in [0.25, 0.3) is 0 Å². The number of halogens is 1. The summed E-state index contributed by atoms with van der Waals surface area (Å²) in [4.78, 5) is 13.0. The summed E-state index contributed by atoms with van der Waals surface area (Å²) < 4.78 is 6.26. The van der Waals surface area contributed by atoms with Crippen LogP contribution in [0.1, 0.15) is 34.6 Å². The Kier molecular flexibility index (Phi) is 4.27. The summed E-state index contributed by atoms with van der Waals surface area (Å²) >= 11 is 7.31. The maximum atomic E-state index is 12.3. The Balaban J connectivity index is 2.28. The quantitative estimate of drug-likeness (QED) is 0.762. The molecule has 0 spiro atoms. The Hall–Kier alpha value is -1.32. The van der Waals surface area contributed by atoms with Crippen LogP contribution in [-0.2, 0) is 0 Å². The number of hydrogen-bond acceptors (Lipinski definition) is 3. The van der Waals surface area contributed by atoms with Crippen LogP contribution in [0, 0.1) is 6.92 Å². The van der Waals surface area contributed by atoms with Gasteiger partial charge >= 0.3 is 0 Å². The normalized spacial score (nSPS) is 10.8. The number of thiophene rings is 1. The van der Waals surface area contributed by atoms with Crippen molar-refractivity contribution in [3.63, 3.8) is 0 Å². The van der Waals surface area contributed by atoms with E-state index in [2.05, 4.69) is 0 Å². The van der Waals surface area contributed by atoms with Crippen LogP contribution >= 0.6 is 22.9 Å². The Labute approximate surface area is 122 Å². The van der Waals surface area contributed by atoms with E-state index in [-0.39, 0.29) is 11.9 Å². The Bertz CT molecular complexity index is 582. The van der Waals surface area contributed by atoms with Crippen LogP contribution in [0.2, 0.25) is 4.34 Å². The average molecular weight is 295 g/mol. The van der Waals surface area contributed by atoms with E-state index in [0.717, 1.165) is 5.56 Å². The van der Waals surface area contributed by atoms with Gasteiger partial charge in [-0.2, -0.15) is 0 Å². The molecule has 0 aliphatic heterocycles. The van der Waals surface area contributed by atoms with Crippen molar-refractivity contribution in [2.75, 3.05) is 0 Å². The summed E-state index contributed by atoms with van der Waals surface area (Å²) in [6.45, 7) is 5.81. The molecule has 1 aromatic heterocycles. The lowest BCUT2D eigenvalue weighted by Crippen LogP contribution is -2.06. The molecule has 19 heavy (non-hydrogen) atoms. The summed E-state index contributed by atoms with van der Waals surface area (Å²) in [6.07, 6.45) is 0.0868. The van der Waals surface area contributed by atoms with E-state index >= 15 is 0 Å². The van der Waals surface area contributed by atoms with Crippen molar-refractivity contribution in [1.82, 2.24) is 0 Å². The minimum Gasteiger partial charge on any atom is -0.491 e. The molecule has 0 fully saturated rings. The van der Waals surface area contributed by atoms with E-state index in [1.165, 1.54) is 11.3 Å². The zero-order valence-electron chi connectivity index (χ0n) is 11.1. The molecule has 2 rings (SSSR count). The third-order valence-electron chi connectivity index (χ3n) is 2.55. The molecule has 0 saturated carbocycles. The third kappa shape index (κ3) is 3.37. The molecular weight excluding hydrogens is 280 g/mol. The smallest absolute Gasteiger partial charge is 0.203 e. The van der Waals surface area contributed by atoms with Crippen molar-refractivity contribution in [2.24, 2.45) is 0 Å². The van der Waals surface area contributed by atoms with Gasteiger partial charge in [-0.05, 0) is 44.5 Å². The molecule has 0 unspecified atom stereocenters. The molecule has 0 atom stereocenters. The van der Waals surface area contributed by atoms with Crippen molar-refractivity contribution in [1.29, 1.82) is 0 Å². The van der Waals surface area contributed by atoms with Gasteiger partial charge in [-0.1, -0.05) is 23.7 Å². The molecule has 1 heterocycles. The molecule has 0 bridgehead atoms. The highest BCUT2D eigenvalue weighted by molar-refractivity contribution is 7.18. The van der Waals surface area contributed by atoms with Crippen molar-refractivity contribution in [3.05, 3.63) is 50.7 Å². The van der Waals surface area contributed by atoms with Gasteiger partial charge in [0.15, 0.2) is 0 Å². The van der Waals surface area contributed by atoms with E-state index in [0.29, 0.717) is 20.5 Å². The van der Waals surface area contributed by atoms with E-state index in [1.807, 2.05) is 39.0 Å². The van der Waals surface area contributed by atoms with Crippen LogP contribution in [0.25, 0.3) is 0 Å². The molecular formula is C15H15ClO2S. The molecule has 4 heteroatoms. The van der Waals surface area contributed by atoms with Crippen molar-refractivity contribution >= 4 is 28.7 Å². The maximum absolute atomic E-state index is 12.3. The zero-order valence-corrected chi connectivity index (χ0v) is 12.6. The van der Waals surface area contributed by atoms with E-state index in [1.54, 1.807) is 12.1 Å². The fourth-order valence-electron chi connectivity index (χ4n) is 1.70. The standard InChI is InChI=1S/C15H15ClO2S/c1-9(2)18-12-6-4-5-11(8-12)14(17)13-7-10(3)15(16)19-13/h4-9H,1-3H3. The summed E-state index contributed by atoms with van der Waals surface area (Å²) in [5, 5.41) is 0. The molecule has 0 radical (unpaired) electrons.